The van der Waals surface area contributed by atoms with E-state index in [-0.39, 0.29) is 18.6 Å². The van der Waals surface area contributed by atoms with Crippen LogP contribution in [0.5, 0.6) is 5.75 Å². The fourth-order valence-electron chi connectivity index (χ4n) is 4.40. The third kappa shape index (κ3) is 9.27. The van der Waals surface area contributed by atoms with E-state index >= 15 is 0 Å². The van der Waals surface area contributed by atoms with Gasteiger partial charge in [0.05, 0.1) is 33.0 Å². The van der Waals surface area contributed by atoms with Crippen LogP contribution in [0.3, 0.4) is 0 Å². The second kappa shape index (κ2) is 14.6. The number of ether oxygens (including phenoxy) is 3. The Bertz CT molecular complexity index is 1180. The standard InChI is InChI=1S/C29H37N5O7/c1-19(30-29(38)33-34-12-14-40-15-13-34)27(36)32-24(17-21-8-10-22(39-2)11-9-21)28(37)31-23(26(35)25-18-41-25)16-20-6-4-3-5-7-20/h3-11,19,23-25H,12-18H2,1-2H3,(H,31,37)(H,32,36)(H2,30,33,38)/t19-,23-,24-,25+/m0/s1. The topological polar surface area (TPSA) is 151 Å². The molecule has 220 valence electrons. The van der Waals surface area contributed by atoms with Crippen molar-refractivity contribution in [1.29, 1.82) is 0 Å². The van der Waals surface area contributed by atoms with Crippen molar-refractivity contribution in [2.45, 2.75) is 44.0 Å². The minimum Gasteiger partial charge on any atom is -0.497 e. The summed E-state index contributed by atoms with van der Waals surface area (Å²) in [4.78, 5) is 52.2. The Hall–Kier alpha value is -4.00. The van der Waals surface area contributed by atoms with Gasteiger partial charge in [0.1, 0.15) is 23.9 Å². The molecule has 2 heterocycles. The van der Waals surface area contributed by atoms with Crippen molar-refractivity contribution < 1.29 is 33.4 Å². The number of nitrogens with zero attached hydrogens (tertiary/aromatic N) is 1. The minimum atomic E-state index is -1.02. The molecule has 12 nitrogen and oxygen atoms in total. The maximum absolute atomic E-state index is 13.6. The fraction of sp³-hybridized carbons (Fsp3) is 0.448. The van der Waals surface area contributed by atoms with Crippen molar-refractivity contribution in [1.82, 2.24) is 26.4 Å². The van der Waals surface area contributed by atoms with E-state index < -0.39 is 42.1 Å². The lowest BCUT2D eigenvalue weighted by Crippen LogP contribution is -2.58. The molecule has 2 aliphatic rings. The first-order valence-electron chi connectivity index (χ1n) is 13.6. The summed E-state index contributed by atoms with van der Waals surface area (Å²) in [6.45, 7) is 3.92. The molecule has 0 bridgehead atoms. The summed E-state index contributed by atoms with van der Waals surface area (Å²) in [6.07, 6.45) is -0.109. The maximum Gasteiger partial charge on any atom is 0.329 e. The van der Waals surface area contributed by atoms with Crippen molar-refractivity contribution in [3.8, 4) is 5.75 Å². The summed E-state index contributed by atoms with van der Waals surface area (Å²) >= 11 is 0. The number of nitrogens with one attached hydrogen (secondary N) is 4. The average Bonchev–Trinajstić information content (AvgIpc) is 3.83. The quantitative estimate of drug-likeness (QED) is 0.253. The Kier molecular flexibility index (Phi) is 10.7. The predicted molar refractivity (Wildman–Crippen MR) is 149 cm³/mol. The molecule has 4 rings (SSSR count). The van der Waals surface area contributed by atoms with Gasteiger partial charge in [-0.3, -0.25) is 19.8 Å². The van der Waals surface area contributed by atoms with E-state index in [2.05, 4.69) is 21.4 Å². The van der Waals surface area contributed by atoms with Crippen molar-refractivity contribution >= 4 is 23.6 Å². The van der Waals surface area contributed by atoms with Gasteiger partial charge in [-0.2, -0.15) is 0 Å². The number of ketones is 1. The first-order valence-corrected chi connectivity index (χ1v) is 13.6. The third-order valence-electron chi connectivity index (χ3n) is 6.84. The minimum absolute atomic E-state index is 0.153. The first kappa shape index (κ1) is 30.0. The molecule has 41 heavy (non-hydrogen) atoms. The predicted octanol–water partition coefficient (Wildman–Crippen LogP) is 0.353. The highest BCUT2D eigenvalue weighted by molar-refractivity contribution is 5.96. The molecule has 2 aromatic carbocycles. The number of rotatable bonds is 13. The molecule has 0 aliphatic carbocycles. The second-order valence-corrected chi connectivity index (χ2v) is 9.99. The van der Waals surface area contributed by atoms with Crippen LogP contribution in [-0.4, -0.2) is 92.9 Å². The lowest BCUT2D eigenvalue weighted by atomic mass is 9.99. The number of benzene rings is 2. The number of amides is 4. The van der Waals surface area contributed by atoms with E-state index in [1.807, 2.05) is 30.3 Å². The number of hydrazine groups is 1. The van der Waals surface area contributed by atoms with E-state index in [1.54, 1.807) is 36.4 Å². The molecule has 2 aliphatic heterocycles. The van der Waals surface area contributed by atoms with Crippen molar-refractivity contribution in [3.63, 3.8) is 0 Å². The monoisotopic (exact) mass is 567 g/mol. The molecule has 12 heteroatoms. The Morgan fingerprint density at radius 1 is 0.878 bits per heavy atom. The van der Waals surface area contributed by atoms with Crippen LogP contribution < -0.4 is 26.1 Å². The third-order valence-corrected chi connectivity index (χ3v) is 6.84. The summed E-state index contributed by atoms with van der Waals surface area (Å²) in [6, 6.07) is 13.2. The van der Waals surface area contributed by atoms with Gasteiger partial charge in [0.15, 0.2) is 5.78 Å². The lowest BCUT2D eigenvalue weighted by molar-refractivity contribution is -0.132. The second-order valence-electron chi connectivity index (χ2n) is 9.99. The molecular weight excluding hydrogens is 530 g/mol. The highest BCUT2D eigenvalue weighted by Gasteiger charge is 2.38. The lowest BCUT2D eigenvalue weighted by Gasteiger charge is -2.28. The molecule has 2 saturated heterocycles. The zero-order chi connectivity index (χ0) is 29.2. The Balaban J connectivity index is 1.44. The Morgan fingerprint density at radius 3 is 2.12 bits per heavy atom. The van der Waals surface area contributed by atoms with Gasteiger partial charge in [0.2, 0.25) is 11.8 Å². The number of morpholine rings is 1. The summed E-state index contributed by atoms with van der Waals surface area (Å²) < 4.78 is 15.7. The van der Waals surface area contributed by atoms with Crippen molar-refractivity contribution in [2.75, 3.05) is 40.0 Å². The largest absolute Gasteiger partial charge is 0.497 e. The molecule has 0 aromatic heterocycles. The zero-order valence-electron chi connectivity index (χ0n) is 23.3. The van der Waals surface area contributed by atoms with Crippen molar-refractivity contribution in [2.24, 2.45) is 0 Å². The van der Waals surface area contributed by atoms with Crippen LogP contribution in [0, 0.1) is 0 Å². The van der Waals surface area contributed by atoms with E-state index in [0.717, 1.165) is 11.1 Å². The van der Waals surface area contributed by atoms with E-state index in [9.17, 15) is 19.2 Å². The Labute approximate surface area is 239 Å². The fourth-order valence-corrected chi connectivity index (χ4v) is 4.40. The van der Waals surface area contributed by atoms with Crippen LogP contribution in [-0.2, 0) is 36.7 Å². The molecule has 0 unspecified atom stereocenters. The highest BCUT2D eigenvalue weighted by Crippen LogP contribution is 2.16. The van der Waals surface area contributed by atoms with Gasteiger partial charge in [-0.25, -0.2) is 9.80 Å². The summed E-state index contributed by atoms with van der Waals surface area (Å²) in [7, 11) is 1.56. The molecule has 0 saturated carbocycles. The first-order chi connectivity index (χ1) is 19.8. The van der Waals surface area contributed by atoms with Gasteiger partial charge in [-0.15, -0.1) is 0 Å². The number of urea groups is 1. The Morgan fingerprint density at radius 2 is 1.49 bits per heavy atom. The SMILES string of the molecule is COc1ccc(C[C@H](NC(=O)[C@H](C)NC(=O)NN2CCOCC2)C(=O)N[C@@H](Cc2ccccc2)C(=O)[C@H]2CO2)cc1. The van der Waals surface area contributed by atoms with Gasteiger partial charge in [-0.1, -0.05) is 42.5 Å². The van der Waals surface area contributed by atoms with Crippen LogP contribution in [0.1, 0.15) is 18.1 Å². The summed E-state index contributed by atoms with van der Waals surface area (Å²) in [5.41, 5.74) is 4.35. The number of Topliss-reactive ketones (excluding diaryl/α,β-unsaturated/α-hetero) is 1. The van der Waals surface area contributed by atoms with Crippen LogP contribution >= 0.6 is 0 Å². The molecule has 4 N–H and O–H groups in total. The zero-order valence-corrected chi connectivity index (χ0v) is 23.3. The molecule has 2 fully saturated rings. The van der Waals surface area contributed by atoms with Gasteiger partial charge >= 0.3 is 6.03 Å². The summed E-state index contributed by atoms with van der Waals surface area (Å²) in [5, 5.41) is 9.90. The molecule has 4 amide bonds. The summed E-state index contributed by atoms with van der Waals surface area (Å²) in [5.74, 6) is -0.631. The van der Waals surface area contributed by atoms with Gasteiger partial charge in [0, 0.05) is 19.5 Å². The smallest absolute Gasteiger partial charge is 0.329 e. The van der Waals surface area contributed by atoms with Crippen LogP contribution in [0.25, 0.3) is 0 Å². The molecule has 0 spiro atoms. The maximum atomic E-state index is 13.6. The number of methoxy groups -OCH3 is 1. The van der Waals surface area contributed by atoms with Crippen molar-refractivity contribution in [3.05, 3.63) is 65.7 Å². The van der Waals surface area contributed by atoms with Gasteiger partial charge in [-0.05, 0) is 36.6 Å². The number of carbonyl (C=O) groups is 4. The van der Waals surface area contributed by atoms with Crippen LogP contribution in [0.15, 0.2) is 54.6 Å². The normalized spacial score (nSPS) is 18.7. The molecular formula is C29H37N5O7. The van der Waals surface area contributed by atoms with E-state index in [0.29, 0.717) is 38.7 Å². The molecule has 2 aromatic rings. The number of hydrogen-bond acceptors (Lipinski definition) is 8. The average molecular weight is 568 g/mol. The molecule has 0 radical (unpaired) electrons. The number of epoxide rings is 1. The van der Waals surface area contributed by atoms with Crippen LogP contribution in [0.2, 0.25) is 0 Å². The van der Waals surface area contributed by atoms with Gasteiger partial charge in [0.25, 0.3) is 0 Å². The van der Waals surface area contributed by atoms with E-state index in [4.69, 9.17) is 14.2 Å². The van der Waals surface area contributed by atoms with Crippen LogP contribution in [0.4, 0.5) is 4.79 Å². The molecule has 4 atom stereocenters. The number of carbonyl (C=O) groups excluding carboxylic acids is 4. The highest BCUT2D eigenvalue weighted by atomic mass is 16.6. The van der Waals surface area contributed by atoms with E-state index in [1.165, 1.54) is 6.92 Å². The van der Waals surface area contributed by atoms with Gasteiger partial charge < -0.3 is 30.2 Å². The number of hydrogen-bond donors (Lipinski definition) is 4.